The third-order valence-corrected chi connectivity index (χ3v) is 4.97. The molecular weight excluding hydrogens is 254 g/mol. The van der Waals surface area contributed by atoms with Crippen LogP contribution in [0.3, 0.4) is 0 Å². The lowest BCUT2D eigenvalue weighted by atomic mass is 9.87. The number of nitrogens with zero attached hydrogens (tertiary/aromatic N) is 1. The van der Waals surface area contributed by atoms with Gasteiger partial charge in [-0.25, -0.2) is 0 Å². The summed E-state index contributed by atoms with van der Waals surface area (Å²) in [6.45, 7) is 3.28. The number of thiophene rings is 1. The van der Waals surface area contributed by atoms with Crippen molar-refractivity contribution >= 4 is 11.3 Å². The second-order valence-electron chi connectivity index (χ2n) is 5.59. The van der Waals surface area contributed by atoms with Gasteiger partial charge in [-0.2, -0.15) is 5.10 Å². The van der Waals surface area contributed by atoms with Gasteiger partial charge in [-0.15, -0.1) is 11.3 Å². The first-order valence-electron chi connectivity index (χ1n) is 7.12. The summed E-state index contributed by atoms with van der Waals surface area (Å²) in [4.78, 5) is 1.27. The molecule has 0 saturated heterocycles. The summed E-state index contributed by atoms with van der Waals surface area (Å²) in [5.41, 5.74) is 2.45. The van der Waals surface area contributed by atoms with Crippen molar-refractivity contribution in [2.24, 2.45) is 5.92 Å². The van der Waals surface area contributed by atoms with Crippen LogP contribution in [0.5, 0.6) is 0 Å². The van der Waals surface area contributed by atoms with Crippen LogP contribution in [0.1, 0.15) is 38.2 Å². The summed E-state index contributed by atoms with van der Waals surface area (Å²) >= 11 is 1.76. The number of nitrogens with one attached hydrogen (secondary N) is 2. The maximum Gasteiger partial charge on any atom is 0.0794 e. The molecule has 0 spiro atoms. The molecule has 1 saturated carbocycles. The van der Waals surface area contributed by atoms with Crippen LogP contribution in [0.2, 0.25) is 0 Å². The molecule has 0 radical (unpaired) electrons. The lowest BCUT2D eigenvalue weighted by molar-refractivity contribution is 0.306. The van der Waals surface area contributed by atoms with Gasteiger partial charge in [-0.1, -0.05) is 13.0 Å². The Labute approximate surface area is 118 Å². The van der Waals surface area contributed by atoms with Gasteiger partial charge in [-0.05, 0) is 43.0 Å². The van der Waals surface area contributed by atoms with Crippen molar-refractivity contribution in [3.05, 3.63) is 29.3 Å². The van der Waals surface area contributed by atoms with Gasteiger partial charge in [0.1, 0.15) is 0 Å². The van der Waals surface area contributed by atoms with Gasteiger partial charge < -0.3 is 5.32 Å². The highest BCUT2D eigenvalue weighted by Gasteiger charge is 2.18. The Bertz CT molecular complexity index is 495. The van der Waals surface area contributed by atoms with Crippen molar-refractivity contribution in [1.29, 1.82) is 0 Å². The molecular formula is C15H21N3S. The Morgan fingerprint density at radius 3 is 2.95 bits per heavy atom. The van der Waals surface area contributed by atoms with Crippen molar-refractivity contribution in [3.63, 3.8) is 0 Å². The van der Waals surface area contributed by atoms with Crippen LogP contribution in [0.25, 0.3) is 10.6 Å². The van der Waals surface area contributed by atoms with Crippen LogP contribution in [0.4, 0.5) is 0 Å². The Morgan fingerprint density at radius 2 is 2.21 bits per heavy atom. The zero-order valence-electron chi connectivity index (χ0n) is 11.4. The Morgan fingerprint density at radius 1 is 1.37 bits per heavy atom. The van der Waals surface area contributed by atoms with Crippen molar-refractivity contribution in [2.45, 2.75) is 45.2 Å². The van der Waals surface area contributed by atoms with Crippen LogP contribution < -0.4 is 5.32 Å². The predicted molar refractivity (Wildman–Crippen MR) is 80.2 cm³/mol. The summed E-state index contributed by atoms with van der Waals surface area (Å²) in [6.07, 6.45) is 7.30. The summed E-state index contributed by atoms with van der Waals surface area (Å²) in [6, 6.07) is 4.91. The molecule has 2 aromatic heterocycles. The summed E-state index contributed by atoms with van der Waals surface area (Å²) < 4.78 is 0. The first-order chi connectivity index (χ1) is 9.33. The SMILES string of the molecule is CC1CCC(NCc2cn[nH]c2-c2cccs2)CC1. The number of hydrogen-bond donors (Lipinski definition) is 2. The monoisotopic (exact) mass is 275 g/mol. The first-order valence-corrected chi connectivity index (χ1v) is 8.00. The fraction of sp³-hybridized carbons (Fsp3) is 0.533. The van der Waals surface area contributed by atoms with Crippen LogP contribution in [-0.2, 0) is 6.54 Å². The maximum atomic E-state index is 4.20. The molecule has 0 bridgehead atoms. The van der Waals surface area contributed by atoms with Gasteiger partial charge in [-0.3, -0.25) is 5.10 Å². The highest BCUT2D eigenvalue weighted by Crippen LogP contribution is 2.27. The van der Waals surface area contributed by atoms with Gasteiger partial charge >= 0.3 is 0 Å². The fourth-order valence-corrected chi connectivity index (χ4v) is 3.55. The minimum Gasteiger partial charge on any atom is -0.310 e. The van der Waals surface area contributed by atoms with Crippen molar-refractivity contribution in [3.8, 4) is 10.6 Å². The second kappa shape index (κ2) is 5.88. The van der Waals surface area contributed by atoms with Gasteiger partial charge in [0.2, 0.25) is 0 Å². The second-order valence-corrected chi connectivity index (χ2v) is 6.53. The molecule has 1 fully saturated rings. The zero-order chi connectivity index (χ0) is 13.1. The largest absolute Gasteiger partial charge is 0.310 e. The average Bonchev–Trinajstić information content (AvgIpc) is 3.08. The molecule has 1 aliphatic carbocycles. The normalized spacial score (nSPS) is 23.6. The molecule has 2 aromatic rings. The molecule has 3 rings (SSSR count). The van der Waals surface area contributed by atoms with E-state index in [0.717, 1.165) is 12.5 Å². The zero-order valence-corrected chi connectivity index (χ0v) is 12.2. The highest BCUT2D eigenvalue weighted by molar-refractivity contribution is 7.13. The molecule has 2 heterocycles. The molecule has 0 aromatic carbocycles. The number of hydrogen-bond acceptors (Lipinski definition) is 3. The van der Waals surface area contributed by atoms with E-state index in [-0.39, 0.29) is 0 Å². The quantitative estimate of drug-likeness (QED) is 0.891. The number of aromatic amines is 1. The van der Waals surface area contributed by atoms with E-state index < -0.39 is 0 Å². The third-order valence-electron chi connectivity index (χ3n) is 4.08. The number of rotatable bonds is 4. The van der Waals surface area contributed by atoms with E-state index in [0.29, 0.717) is 6.04 Å². The minimum atomic E-state index is 0.683. The molecule has 0 atom stereocenters. The van der Waals surface area contributed by atoms with Crippen LogP contribution in [-0.4, -0.2) is 16.2 Å². The lowest BCUT2D eigenvalue weighted by Crippen LogP contribution is -2.32. The average molecular weight is 275 g/mol. The molecule has 102 valence electrons. The van der Waals surface area contributed by atoms with E-state index in [4.69, 9.17) is 0 Å². The lowest BCUT2D eigenvalue weighted by Gasteiger charge is -2.27. The van der Waals surface area contributed by atoms with Crippen molar-refractivity contribution in [2.75, 3.05) is 0 Å². The van der Waals surface area contributed by atoms with E-state index >= 15 is 0 Å². The van der Waals surface area contributed by atoms with Gasteiger partial charge in [0, 0.05) is 18.2 Å². The topological polar surface area (TPSA) is 40.7 Å². The molecule has 4 heteroatoms. The van der Waals surface area contributed by atoms with Gasteiger partial charge in [0.25, 0.3) is 0 Å². The fourth-order valence-electron chi connectivity index (χ4n) is 2.80. The van der Waals surface area contributed by atoms with E-state index in [1.165, 1.54) is 41.8 Å². The maximum absolute atomic E-state index is 4.20. The van der Waals surface area contributed by atoms with E-state index in [2.05, 4.69) is 40.0 Å². The van der Waals surface area contributed by atoms with Crippen molar-refractivity contribution < 1.29 is 0 Å². The summed E-state index contributed by atoms with van der Waals surface area (Å²) in [5, 5.41) is 13.1. The molecule has 3 nitrogen and oxygen atoms in total. The number of aromatic nitrogens is 2. The van der Waals surface area contributed by atoms with E-state index in [1.54, 1.807) is 11.3 Å². The Balaban J connectivity index is 1.60. The summed E-state index contributed by atoms with van der Waals surface area (Å²) in [7, 11) is 0. The predicted octanol–water partition coefficient (Wildman–Crippen LogP) is 3.81. The van der Waals surface area contributed by atoms with Gasteiger partial charge in [0.15, 0.2) is 0 Å². The van der Waals surface area contributed by atoms with Crippen molar-refractivity contribution in [1.82, 2.24) is 15.5 Å². The molecule has 0 aliphatic heterocycles. The molecule has 2 N–H and O–H groups in total. The third kappa shape index (κ3) is 3.07. The molecule has 1 aliphatic rings. The Kier molecular flexibility index (Phi) is 3.99. The number of H-pyrrole nitrogens is 1. The Hall–Kier alpha value is -1.13. The molecule has 19 heavy (non-hydrogen) atoms. The summed E-state index contributed by atoms with van der Waals surface area (Å²) in [5.74, 6) is 0.911. The molecule has 0 unspecified atom stereocenters. The standard InChI is InChI=1S/C15H21N3S/c1-11-4-6-13(7-5-11)16-9-12-10-17-18-15(12)14-3-2-8-19-14/h2-3,8,10-11,13,16H,4-7,9H2,1H3,(H,17,18). The molecule has 0 amide bonds. The smallest absolute Gasteiger partial charge is 0.0794 e. The van der Waals surface area contributed by atoms with Crippen LogP contribution >= 0.6 is 11.3 Å². The first kappa shape index (κ1) is 12.9. The van der Waals surface area contributed by atoms with E-state index in [1.807, 2.05) is 6.20 Å². The highest BCUT2D eigenvalue weighted by atomic mass is 32.1. The van der Waals surface area contributed by atoms with Gasteiger partial charge in [0.05, 0.1) is 16.8 Å². The van der Waals surface area contributed by atoms with Crippen LogP contribution in [0.15, 0.2) is 23.7 Å². The minimum absolute atomic E-state index is 0.683. The van der Waals surface area contributed by atoms with Crippen LogP contribution in [0, 0.1) is 5.92 Å². The van der Waals surface area contributed by atoms with E-state index in [9.17, 15) is 0 Å².